The van der Waals surface area contributed by atoms with E-state index in [1.165, 1.54) is 18.2 Å². The van der Waals surface area contributed by atoms with Gasteiger partial charge in [-0.3, -0.25) is 0 Å². The number of hydrogen-bond donors (Lipinski definition) is 1. The second kappa shape index (κ2) is 4.41. The van der Waals surface area contributed by atoms with Gasteiger partial charge in [0.15, 0.2) is 0 Å². The van der Waals surface area contributed by atoms with Crippen LogP contribution in [0.2, 0.25) is 0 Å². The third kappa shape index (κ3) is 2.09. The average Bonchev–Trinajstić information content (AvgIpc) is 2.28. The van der Waals surface area contributed by atoms with E-state index in [4.69, 9.17) is 5.73 Å². The second-order valence-electron chi connectivity index (χ2n) is 3.53. The number of benzene rings is 2. The molecule has 0 saturated carbocycles. The van der Waals surface area contributed by atoms with E-state index in [1.54, 1.807) is 24.3 Å². The maximum atomic E-state index is 13.5. The standard InChI is InChI=1S/C13H11F2N/c14-11-6-9(8-16)5-10(7-11)12-3-1-2-4-13(12)15/h1-7H,8,16H2. The van der Waals surface area contributed by atoms with Gasteiger partial charge in [-0.1, -0.05) is 18.2 Å². The van der Waals surface area contributed by atoms with Crippen LogP contribution in [0.4, 0.5) is 8.78 Å². The van der Waals surface area contributed by atoms with Crippen molar-refractivity contribution in [2.24, 2.45) is 5.73 Å². The molecule has 82 valence electrons. The molecule has 2 aromatic carbocycles. The van der Waals surface area contributed by atoms with Crippen LogP contribution in [0.15, 0.2) is 42.5 Å². The van der Waals surface area contributed by atoms with Crippen molar-refractivity contribution in [3.63, 3.8) is 0 Å². The fourth-order valence-corrected chi connectivity index (χ4v) is 1.62. The third-order valence-corrected chi connectivity index (χ3v) is 2.38. The summed E-state index contributed by atoms with van der Waals surface area (Å²) in [7, 11) is 0. The maximum absolute atomic E-state index is 13.5. The Morgan fingerprint density at radius 1 is 1.00 bits per heavy atom. The van der Waals surface area contributed by atoms with Crippen molar-refractivity contribution in [2.45, 2.75) is 6.54 Å². The fourth-order valence-electron chi connectivity index (χ4n) is 1.62. The first-order chi connectivity index (χ1) is 7.70. The van der Waals surface area contributed by atoms with Crippen molar-refractivity contribution in [3.05, 3.63) is 59.7 Å². The largest absolute Gasteiger partial charge is 0.326 e. The highest BCUT2D eigenvalue weighted by Crippen LogP contribution is 2.24. The van der Waals surface area contributed by atoms with E-state index in [9.17, 15) is 8.78 Å². The quantitative estimate of drug-likeness (QED) is 0.825. The Morgan fingerprint density at radius 3 is 2.44 bits per heavy atom. The average molecular weight is 219 g/mol. The number of rotatable bonds is 2. The molecule has 0 aromatic heterocycles. The van der Waals surface area contributed by atoms with Crippen molar-refractivity contribution < 1.29 is 8.78 Å². The monoisotopic (exact) mass is 219 g/mol. The first-order valence-electron chi connectivity index (χ1n) is 4.95. The van der Waals surface area contributed by atoms with Gasteiger partial charge in [-0.2, -0.15) is 0 Å². The van der Waals surface area contributed by atoms with Crippen LogP contribution in [0.25, 0.3) is 11.1 Å². The third-order valence-electron chi connectivity index (χ3n) is 2.38. The molecule has 2 rings (SSSR count). The summed E-state index contributed by atoms with van der Waals surface area (Å²) in [6.45, 7) is 0.235. The summed E-state index contributed by atoms with van der Waals surface area (Å²) in [6, 6.07) is 10.6. The van der Waals surface area contributed by atoms with Crippen LogP contribution in [0.3, 0.4) is 0 Å². The van der Waals surface area contributed by atoms with Crippen molar-refractivity contribution in [1.82, 2.24) is 0 Å². The zero-order chi connectivity index (χ0) is 11.5. The predicted octanol–water partition coefficient (Wildman–Crippen LogP) is 3.09. The number of hydrogen-bond acceptors (Lipinski definition) is 1. The molecular formula is C13H11F2N. The normalized spacial score (nSPS) is 10.4. The number of halogens is 2. The van der Waals surface area contributed by atoms with Gasteiger partial charge in [-0.05, 0) is 35.4 Å². The lowest BCUT2D eigenvalue weighted by molar-refractivity contribution is 0.623. The molecule has 3 heteroatoms. The van der Waals surface area contributed by atoms with Crippen LogP contribution >= 0.6 is 0 Å². The highest BCUT2D eigenvalue weighted by molar-refractivity contribution is 5.64. The summed E-state index contributed by atoms with van der Waals surface area (Å²) in [6.07, 6.45) is 0. The molecular weight excluding hydrogens is 208 g/mol. The van der Waals surface area contributed by atoms with E-state index in [0.717, 1.165) is 0 Å². The van der Waals surface area contributed by atoms with E-state index in [-0.39, 0.29) is 12.4 Å². The molecule has 0 spiro atoms. The van der Waals surface area contributed by atoms with Crippen LogP contribution in [0, 0.1) is 11.6 Å². The van der Waals surface area contributed by atoms with Crippen LogP contribution in [0.1, 0.15) is 5.56 Å². The molecule has 0 radical (unpaired) electrons. The van der Waals surface area contributed by atoms with Gasteiger partial charge in [0, 0.05) is 12.1 Å². The SMILES string of the molecule is NCc1cc(F)cc(-c2ccccc2F)c1. The van der Waals surface area contributed by atoms with E-state index < -0.39 is 5.82 Å². The van der Waals surface area contributed by atoms with E-state index in [2.05, 4.69) is 0 Å². The summed E-state index contributed by atoms with van der Waals surface area (Å²) in [4.78, 5) is 0. The molecule has 1 nitrogen and oxygen atoms in total. The molecule has 0 aliphatic heterocycles. The molecule has 0 aliphatic rings. The first-order valence-corrected chi connectivity index (χ1v) is 4.95. The Morgan fingerprint density at radius 2 is 1.75 bits per heavy atom. The lowest BCUT2D eigenvalue weighted by atomic mass is 10.0. The van der Waals surface area contributed by atoms with Gasteiger partial charge in [0.05, 0.1) is 0 Å². The molecule has 2 N–H and O–H groups in total. The van der Waals surface area contributed by atoms with Gasteiger partial charge in [0.25, 0.3) is 0 Å². The van der Waals surface area contributed by atoms with E-state index >= 15 is 0 Å². The zero-order valence-electron chi connectivity index (χ0n) is 8.58. The van der Waals surface area contributed by atoms with Gasteiger partial charge in [-0.25, -0.2) is 8.78 Å². The minimum atomic E-state index is -0.402. The van der Waals surface area contributed by atoms with Gasteiger partial charge in [0.1, 0.15) is 11.6 Å². The number of nitrogens with two attached hydrogens (primary N) is 1. The molecule has 0 atom stereocenters. The van der Waals surface area contributed by atoms with Crippen LogP contribution in [-0.2, 0) is 6.54 Å². The molecule has 0 bridgehead atoms. The highest BCUT2D eigenvalue weighted by Gasteiger charge is 2.06. The molecule has 0 unspecified atom stereocenters. The topological polar surface area (TPSA) is 26.0 Å². The molecule has 0 saturated heterocycles. The highest BCUT2D eigenvalue weighted by atomic mass is 19.1. The van der Waals surface area contributed by atoms with E-state index in [1.807, 2.05) is 0 Å². The lowest BCUT2D eigenvalue weighted by Gasteiger charge is -2.06. The Labute approximate surface area is 92.5 Å². The lowest BCUT2D eigenvalue weighted by Crippen LogP contribution is -1.97. The summed E-state index contributed by atoms with van der Waals surface area (Å²) in [5.74, 6) is -0.766. The fraction of sp³-hybridized carbons (Fsp3) is 0.0769. The summed E-state index contributed by atoms with van der Waals surface area (Å²) in [5.41, 5.74) is 6.99. The molecule has 0 fully saturated rings. The molecule has 0 heterocycles. The van der Waals surface area contributed by atoms with Crippen molar-refractivity contribution >= 4 is 0 Å². The van der Waals surface area contributed by atoms with E-state index in [0.29, 0.717) is 16.7 Å². The molecule has 2 aromatic rings. The molecule has 0 amide bonds. The Kier molecular flexibility index (Phi) is 2.97. The minimum absolute atomic E-state index is 0.235. The van der Waals surface area contributed by atoms with Crippen LogP contribution < -0.4 is 5.73 Å². The zero-order valence-corrected chi connectivity index (χ0v) is 8.58. The first kappa shape index (κ1) is 10.8. The van der Waals surface area contributed by atoms with Gasteiger partial charge < -0.3 is 5.73 Å². The summed E-state index contributed by atoms with van der Waals surface area (Å²) in [5, 5.41) is 0. The Hall–Kier alpha value is -1.74. The Balaban J connectivity index is 2.56. The van der Waals surface area contributed by atoms with Gasteiger partial charge in [0.2, 0.25) is 0 Å². The van der Waals surface area contributed by atoms with Crippen LogP contribution in [-0.4, -0.2) is 0 Å². The molecule has 16 heavy (non-hydrogen) atoms. The smallest absolute Gasteiger partial charge is 0.131 e. The second-order valence-corrected chi connectivity index (χ2v) is 3.53. The summed E-state index contributed by atoms with van der Waals surface area (Å²) >= 11 is 0. The van der Waals surface area contributed by atoms with Gasteiger partial charge in [-0.15, -0.1) is 0 Å². The van der Waals surface area contributed by atoms with Crippen LogP contribution in [0.5, 0.6) is 0 Å². The minimum Gasteiger partial charge on any atom is -0.326 e. The van der Waals surface area contributed by atoms with Gasteiger partial charge >= 0.3 is 0 Å². The van der Waals surface area contributed by atoms with Crippen molar-refractivity contribution in [3.8, 4) is 11.1 Å². The Bertz CT molecular complexity index is 509. The van der Waals surface area contributed by atoms with Crippen molar-refractivity contribution in [1.29, 1.82) is 0 Å². The molecule has 0 aliphatic carbocycles. The van der Waals surface area contributed by atoms with Crippen molar-refractivity contribution in [2.75, 3.05) is 0 Å². The predicted molar refractivity (Wildman–Crippen MR) is 59.7 cm³/mol. The summed E-state index contributed by atoms with van der Waals surface area (Å²) < 4.78 is 26.7. The maximum Gasteiger partial charge on any atom is 0.131 e.